The number of unbranched alkanes of at least 4 members (excludes halogenated alkanes) is 18. The van der Waals surface area contributed by atoms with Gasteiger partial charge < -0.3 is 4.74 Å². The van der Waals surface area contributed by atoms with Gasteiger partial charge in [-0.1, -0.05) is 166 Å². The van der Waals surface area contributed by atoms with Gasteiger partial charge in [0.2, 0.25) is 0 Å². The Hall–Kier alpha value is -1.76. The molecule has 0 aliphatic carbocycles. The molecule has 208 valence electrons. The SMILES string of the molecule is CCCCCCCCCCCCc1cccc(CCCCCCCCCCCC)c1Oc1ccccc1. The van der Waals surface area contributed by atoms with Crippen molar-refractivity contribution in [2.75, 3.05) is 0 Å². The fourth-order valence-corrected chi connectivity index (χ4v) is 5.38. The first-order valence-corrected chi connectivity index (χ1v) is 16.2. The molecule has 0 spiro atoms. The summed E-state index contributed by atoms with van der Waals surface area (Å²) >= 11 is 0. The largest absolute Gasteiger partial charge is 0.457 e. The van der Waals surface area contributed by atoms with Crippen LogP contribution < -0.4 is 4.74 Å². The van der Waals surface area contributed by atoms with Crippen LogP contribution in [-0.4, -0.2) is 0 Å². The van der Waals surface area contributed by atoms with E-state index in [2.05, 4.69) is 62.4 Å². The maximum Gasteiger partial charge on any atom is 0.133 e. The average Bonchev–Trinajstić information content (AvgIpc) is 2.92. The summed E-state index contributed by atoms with van der Waals surface area (Å²) in [5, 5.41) is 0. The van der Waals surface area contributed by atoms with Crippen molar-refractivity contribution < 1.29 is 4.74 Å². The number of hydrogen-bond acceptors (Lipinski definition) is 1. The van der Waals surface area contributed by atoms with E-state index in [1.165, 1.54) is 140 Å². The molecule has 0 N–H and O–H groups in total. The van der Waals surface area contributed by atoms with Gasteiger partial charge in [0.25, 0.3) is 0 Å². The van der Waals surface area contributed by atoms with Gasteiger partial charge in [0.1, 0.15) is 11.5 Å². The molecular formula is C36H58O. The van der Waals surface area contributed by atoms with E-state index < -0.39 is 0 Å². The molecule has 0 amide bonds. The van der Waals surface area contributed by atoms with Crippen molar-refractivity contribution in [3.63, 3.8) is 0 Å². The molecule has 0 saturated heterocycles. The summed E-state index contributed by atoms with van der Waals surface area (Å²) in [6.45, 7) is 4.59. The van der Waals surface area contributed by atoms with Crippen molar-refractivity contribution in [3.8, 4) is 11.5 Å². The van der Waals surface area contributed by atoms with E-state index >= 15 is 0 Å². The molecule has 0 aliphatic rings. The Morgan fingerprint density at radius 3 is 1.19 bits per heavy atom. The second-order valence-electron chi connectivity index (χ2n) is 11.2. The summed E-state index contributed by atoms with van der Waals surface area (Å²) in [5.41, 5.74) is 2.79. The third-order valence-electron chi connectivity index (χ3n) is 7.74. The van der Waals surface area contributed by atoms with Gasteiger partial charge in [0.05, 0.1) is 0 Å². The molecule has 0 aliphatic heterocycles. The van der Waals surface area contributed by atoms with Gasteiger partial charge in [0.15, 0.2) is 0 Å². The Morgan fingerprint density at radius 2 is 0.784 bits per heavy atom. The highest BCUT2D eigenvalue weighted by Crippen LogP contribution is 2.32. The Kier molecular flexibility index (Phi) is 18.9. The maximum atomic E-state index is 6.53. The van der Waals surface area contributed by atoms with E-state index in [1.54, 1.807) is 0 Å². The highest BCUT2D eigenvalue weighted by Gasteiger charge is 2.11. The quantitative estimate of drug-likeness (QED) is 0.129. The molecule has 0 radical (unpaired) electrons. The Bertz CT molecular complexity index is 723. The number of para-hydroxylation sites is 2. The molecule has 0 saturated carbocycles. The van der Waals surface area contributed by atoms with Crippen molar-refractivity contribution in [1.29, 1.82) is 0 Å². The minimum absolute atomic E-state index is 0.961. The molecular weight excluding hydrogens is 448 g/mol. The van der Waals surface area contributed by atoms with E-state index in [9.17, 15) is 0 Å². The zero-order chi connectivity index (χ0) is 26.2. The summed E-state index contributed by atoms with van der Waals surface area (Å²) < 4.78 is 6.53. The van der Waals surface area contributed by atoms with Crippen LogP contribution in [0.5, 0.6) is 11.5 Å². The van der Waals surface area contributed by atoms with Crippen molar-refractivity contribution in [1.82, 2.24) is 0 Å². The fourth-order valence-electron chi connectivity index (χ4n) is 5.38. The summed E-state index contributed by atoms with van der Waals surface area (Å²) in [6, 6.07) is 17.2. The van der Waals surface area contributed by atoms with Gasteiger partial charge in [-0.05, 0) is 48.9 Å². The van der Waals surface area contributed by atoms with E-state index in [4.69, 9.17) is 4.74 Å². The van der Waals surface area contributed by atoms with Crippen LogP contribution in [0, 0.1) is 0 Å². The molecule has 0 heterocycles. The van der Waals surface area contributed by atoms with Crippen LogP contribution in [0.1, 0.15) is 153 Å². The lowest BCUT2D eigenvalue weighted by Gasteiger charge is -2.16. The van der Waals surface area contributed by atoms with E-state index in [0.717, 1.165) is 24.3 Å². The summed E-state index contributed by atoms with van der Waals surface area (Å²) in [4.78, 5) is 0. The van der Waals surface area contributed by atoms with Crippen LogP contribution in [-0.2, 0) is 12.8 Å². The highest BCUT2D eigenvalue weighted by molar-refractivity contribution is 5.44. The molecule has 1 nitrogen and oxygen atoms in total. The standard InChI is InChI=1S/C36H58O/c1-3-5-7-9-11-13-15-17-19-22-27-33-29-26-30-34(36(33)37-35-31-24-21-25-32-35)28-23-20-18-16-14-12-10-8-6-4-2/h21,24-26,29-32H,3-20,22-23,27-28H2,1-2H3. The Morgan fingerprint density at radius 1 is 0.405 bits per heavy atom. The summed E-state index contributed by atoms with van der Waals surface area (Å²) in [5.74, 6) is 2.10. The number of hydrogen-bond donors (Lipinski definition) is 0. The third-order valence-corrected chi connectivity index (χ3v) is 7.74. The van der Waals surface area contributed by atoms with E-state index in [1.807, 2.05) is 0 Å². The van der Waals surface area contributed by atoms with Gasteiger partial charge in [-0.15, -0.1) is 0 Å². The average molecular weight is 507 g/mol. The number of ether oxygens (including phenoxy) is 1. The van der Waals surface area contributed by atoms with Gasteiger partial charge in [-0.3, -0.25) is 0 Å². The topological polar surface area (TPSA) is 9.23 Å². The minimum Gasteiger partial charge on any atom is -0.457 e. The highest BCUT2D eigenvalue weighted by atomic mass is 16.5. The first kappa shape index (κ1) is 31.5. The van der Waals surface area contributed by atoms with Gasteiger partial charge in [-0.25, -0.2) is 0 Å². The smallest absolute Gasteiger partial charge is 0.133 e. The van der Waals surface area contributed by atoms with E-state index in [-0.39, 0.29) is 0 Å². The van der Waals surface area contributed by atoms with Gasteiger partial charge in [0, 0.05) is 0 Å². The lowest BCUT2D eigenvalue weighted by atomic mass is 9.98. The first-order chi connectivity index (χ1) is 18.3. The normalized spacial score (nSPS) is 11.2. The molecule has 2 aromatic rings. The zero-order valence-electron chi connectivity index (χ0n) is 24.6. The molecule has 1 heteroatoms. The van der Waals surface area contributed by atoms with Gasteiger partial charge in [-0.2, -0.15) is 0 Å². The number of benzene rings is 2. The minimum atomic E-state index is 0.961. The van der Waals surface area contributed by atoms with Crippen molar-refractivity contribution in [3.05, 3.63) is 59.7 Å². The zero-order valence-corrected chi connectivity index (χ0v) is 24.6. The molecule has 2 rings (SSSR count). The van der Waals surface area contributed by atoms with Crippen molar-refractivity contribution in [2.24, 2.45) is 0 Å². The second kappa shape index (κ2) is 22.2. The molecule has 2 aromatic carbocycles. The van der Waals surface area contributed by atoms with E-state index in [0.29, 0.717) is 0 Å². The van der Waals surface area contributed by atoms with Crippen LogP contribution in [0.3, 0.4) is 0 Å². The fraction of sp³-hybridized carbons (Fsp3) is 0.667. The Balaban J connectivity index is 1.76. The second-order valence-corrected chi connectivity index (χ2v) is 11.2. The molecule has 0 fully saturated rings. The molecule has 0 aromatic heterocycles. The van der Waals surface area contributed by atoms with Crippen LogP contribution >= 0.6 is 0 Å². The number of aryl methyl sites for hydroxylation is 2. The lowest BCUT2D eigenvalue weighted by molar-refractivity contribution is 0.465. The third kappa shape index (κ3) is 15.3. The van der Waals surface area contributed by atoms with Crippen LogP contribution in [0.25, 0.3) is 0 Å². The molecule has 0 atom stereocenters. The predicted molar refractivity (Wildman–Crippen MR) is 164 cm³/mol. The maximum absolute atomic E-state index is 6.53. The van der Waals surface area contributed by atoms with Gasteiger partial charge >= 0.3 is 0 Å². The van der Waals surface area contributed by atoms with Crippen LogP contribution in [0.4, 0.5) is 0 Å². The molecule has 0 unspecified atom stereocenters. The predicted octanol–water partition coefficient (Wildman–Crippen LogP) is 12.4. The molecule has 0 bridgehead atoms. The van der Waals surface area contributed by atoms with Crippen LogP contribution in [0.15, 0.2) is 48.5 Å². The summed E-state index contributed by atoms with van der Waals surface area (Å²) in [7, 11) is 0. The summed E-state index contributed by atoms with van der Waals surface area (Å²) in [6.07, 6.45) is 29.9. The lowest BCUT2D eigenvalue weighted by Crippen LogP contribution is -1.98. The Labute approximate surface area is 230 Å². The van der Waals surface area contributed by atoms with Crippen molar-refractivity contribution >= 4 is 0 Å². The van der Waals surface area contributed by atoms with Crippen LogP contribution in [0.2, 0.25) is 0 Å². The first-order valence-electron chi connectivity index (χ1n) is 16.2. The monoisotopic (exact) mass is 506 g/mol. The molecule has 37 heavy (non-hydrogen) atoms. The van der Waals surface area contributed by atoms with Crippen molar-refractivity contribution in [2.45, 2.75) is 155 Å². The number of rotatable bonds is 24.